The largest absolute Gasteiger partial charge is 0.789 e. The Kier molecular flexibility index (Phi) is 18.5. The molecule has 0 N–H and O–H groups in total. The molecule has 1 aliphatic rings. The summed E-state index contributed by atoms with van der Waals surface area (Å²) in [7, 11) is -0.446. The van der Waals surface area contributed by atoms with E-state index in [0.29, 0.717) is 5.75 Å². The standard InChI is InChI=1S/C18H15P.C5H5.C3H6S.NO.Re/c1-4-10-16(11-5-1)19(17-12-6-2-7-13-17)18-14-8-3-9-15-18;1-2-4-5-3-1;1-2-3-4;1-2;/h1-15H;1-5H;2,4H,1,3H2;;/q;;;-1;/p-1. The summed E-state index contributed by atoms with van der Waals surface area (Å²) in [5.74, 6) is 0.667. The van der Waals surface area contributed by atoms with Crippen molar-refractivity contribution in [1.29, 1.82) is 0 Å². The smallest absolute Gasteiger partial charge is 0.00506 e. The maximum absolute atomic E-state index is 7.25. The minimum Gasteiger partial charge on any atom is -0.789 e. The second-order valence-corrected chi connectivity index (χ2v) is 8.31. The minimum atomic E-state index is -0.446. The summed E-state index contributed by atoms with van der Waals surface area (Å²) in [5.41, 5.74) is 5.75. The predicted octanol–water partition coefficient (Wildman–Crippen LogP) is 5.80. The van der Waals surface area contributed by atoms with Crippen LogP contribution in [0.4, 0.5) is 0 Å². The van der Waals surface area contributed by atoms with Crippen molar-refractivity contribution in [2.24, 2.45) is 0 Å². The molecule has 160 valence electrons. The molecule has 0 aliphatic heterocycles. The molecule has 0 atom stereocenters. The van der Waals surface area contributed by atoms with Gasteiger partial charge in [-0.1, -0.05) is 115 Å². The van der Waals surface area contributed by atoms with E-state index in [2.05, 4.69) is 110 Å². The van der Waals surface area contributed by atoms with Crippen molar-refractivity contribution >= 4 is 36.5 Å². The second-order valence-electron chi connectivity index (χ2n) is 5.76. The van der Waals surface area contributed by atoms with Gasteiger partial charge in [0.2, 0.25) is 0 Å². The number of hydrogen-bond acceptors (Lipinski definition) is 2. The molecule has 0 aromatic heterocycles. The molecule has 0 amide bonds. The van der Waals surface area contributed by atoms with Crippen molar-refractivity contribution in [3.63, 3.8) is 0 Å². The Balaban J connectivity index is 0.000000626. The Morgan fingerprint density at radius 3 is 1.16 bits per heavy atom. The number of rotatable bonds is 4. The molecule has 31 heavy (non-hydrogen) atoms. The van der Waals surface area contributed by atoms with Gasteiger partial charge >= 0.3 is 0 Å². The average Bonchev–Trinajstić information content (AvgIpc) is 3.43. The van der Waals surface area contributed by atoms with E-state index in [9.17, 15) is 0 Å². The van der Waals surface area contributed by atoms with Crippen molar-refractivity contribution in [2.75, 3.05) is 5.75 Å². The summed E-state index contributed by atoms with van der Waals surface area (Å²) in [6.07, 6.45) is 11.7. The van der Waals surface area contributed by atoms with Crippen LogP contribution >= 0.6 is 7.92 Å². The quantitative estimate of drug-likeness (QED) is 0.211. The molecule has 0 unspecified atom stereocenters. The first-order chi connectivity index (χ1) is 14.9. The van der Waals surface area contributed by atoms with E-state index in [4.69, 9.17) is 10.5 Å². The van der Waals surface area contributed by atoms with Gasteiger partial charge in [0.25, 0.3) is 0 Å². The van der Waals surface area contributed by atoms with Gasteiger partial charge in [0.15, 0.2) is 0 Å². The third-order valence-corrected chi connectivity index (χ3v) is 6.40. The summed E-state index contributed by atoms with van der Waals surface area (Å²) in [6, 6.07) is 32.3. The fourth-order valence-electron chi connectivity index (χ4n) is 2.50. The molecule has 5 heteroatoms. The second kappa shape index (κ2) is 19.9. The van der Waals surface area contributed by atoms with Crippen LogP contribution in [0.1, 0.15) is 0 Å². The number of hydrogen-bond donors (Lipinski definition) is 0. The van der Waals surface area contributed by atoms with Crippen LogP contribution in [0.2, 0.25) is 0 Å². The molecule has 0 fully saturated rings. The number of nitroso groups, excluding NO2 is 1. The Morgan fingerprint density at radius 1 is 0.677 bits per heavy atom. The van der Waals surface area contributed by atoms with Crippen LogP contribution in [-0.4, -0.2) is 5.75 Å². The first-order valence-electron chi connectivity index (χ1n) is 9.36. The predicted molar refractivity (Wildman–Crippen MR) is 137 cm³/mol. The van der Waals surface area contributed by atoms with Crippen LogP contribution in [0, 0.1) is 11.3 Å². The molecule has 1 aliphatic carbocycles. The van der Waals surface area contributed by atoms with E-state index < -0.39 is 7.92 Å². The molecule has 0 spiro atoms. The summed E-state index contributed by atoms with van der Waals surface area (Å²) in [4.78, 5) is 7.25. The fraction of sp³-hybridized carbons (Fsp3) is 0.0385. The van der Waals surface area contributed by atoms with E-state index in [1.54, 1.807) is 6.08 Å². The van der Waals surface area contributed by atoms with Gasteiger partial charge in [-0.2, -0.15) is 5.75 Å². The number of nitrogens with zero attached hydrogens (tertiary/aromatic N) is 1. The number of benzene rings is 3. The van der Waals surface area contributed by atoms with Crippen molar-refractivity contribution in [2.45, 2.75) is 0 Å². The maximum atomic E-state index is 7.25. The zero-order valence-electron chi connectivity index (χ0n) is 17.1. The Labute approximate surface area is 206 Å². The van der Waals surface area contributed by atoms with E-state index in [-0.39, 0.29) is 20.4 Å². The molecule has 0 saturated heterocycles. The van der Waals surface area contributed by atoms with E-state index in [1.165, 1.54) is 15.9 Å². The maximum Gasteiger partial charge on any atom is 0.00506 e. The zero-order valence-corrected chi connectivity index (χ0v) is 21.6. The van der Waals surface area contributed by atoms with Gasteiger partial charge in [-0.3, -0.25) is 0 Å². The van der Waals surface area contributed by atoms with Crippen molar-refractivity contribution in [1.82, 2.24) is 0 Å². The Bertz CT molecular complexity index is 770. The molecular formula is C26H25NOPReS-2. The third-order valence-electron chi connectivity index (χ3n) is 3.72. The SMILES string of the molecule is C=CC[S-].[CH]1C=CC=C1.[N-]=O.[Re].c1ccc(P(c2ccccc2)c2ccccc2)cc1. The van der Waals surface area contributed by atoms with Gasteiger partial charge in [-0.25, -0.2) is 0 Å². The van der Waals surface area contributed by atoms with Crippen molar-refractivity contribution < 1.29 is 20.4 Å². The topological polar surface area (TPSA) is 39.4 Å². The normalized spacial score (nSPS) is 10.3. The molecule has 0 saturated carbocycles. The van der Waals surface area contributed by atoms with Gasteiger partial charge in [-0.15, -0.1) is 12.7 Å². The number of allylic oxidation sites excluding steroid dienone is 4. The summed E-state index contributed by atoms with van der Waals surface area (Å²) in [5, 5.41) is 4.19. The van der Waals surface area contributed by atoms with Crippen molar-refractivity contribution in [3.8, 4) is 0 Å². The molecular weight excluding hydrogens is 592 g/mol. The van der Waals surface area contributed by atoms with E-state index in [1.807, 2.05) is 30.7 Å². The molecule has 3 aromatic rings. The molecule has 0 bridgehead atoms. The average molecular weight is 617 g/mol. The van der Waals surface area contributed by atoms with Gasteiger partial charge in [0.1, 0.15) is 0 Å². The fourth-order valence-corrected chi connectivity index (χ4v) is 4.80. The van der Waals surface area contributed by atoms with E-state index >= 15 is 0 Å². The van der Waals surface area contributed by atoms with Crippen LogP contribution < -0.4 is 15.9 Å². The first kappa shape index (κ1) is 28.9. The molecule has 3 aromatic carbocycles. The summed E-state index contributed by atoms with van der Waals surface area (Å²) in [6.45, 7) is 3.38. The van der Waals surface area contributed by atoms with Gasteiger partial charge in [-0.05, 0) is 23.8 Å². The van der Waals surface area contributed by atoms with Crippen LogP contribution in [0.5, 0.6) is 0 Å². The molecule has 4 rings (SSSR count). The van der Waals surface area contributed by atoms with Crippen molar-refractivity contribution in [3.05, 3.63) is 145 Å². The van der Waals surface area contributed by atoms with Crippen LogP contribution in [0.15, 0.2) is 128 Å². The monoisotopic (exact) mass is 617 g/mol. The molecule has 0 heterocycles. The first-order valence-corrected chi connectivity index (χ1v) is 11.3. The van der Waals surface area contributed by atoms with Gasteiger partial charge in [0, 0.05) is 26.8 Å². The van der Waals surface area contributed by atoms with Crippen LogP contribution in [-0.2, 0) is 33.1 Å². The van der Waals surface area contributed by atoms with Gasteiger partial charge in [0.05, 0.1) is 0 Å². The van der Waals surface area contributed by atoms with E-state index in [0.717, 1.165) is 0 Å². The molecule has 2 radical (unpaired) electrons. The molecule has 2 nitrogen and oxygen atoms in total. The third kappa shape index (κ3) is 11.8. The van der Waals surface area contributed by atoms with Crippen LogP contribution in [0.25, 0.3) is 5.59 Å². The Morgan fingerprint density at radius 2 is 0.968 bits per heavy atom. The summed E-state index contributed by atoms with van der Waals surface area (Å²) >= 11 is 4.44. The Hall–Kier alpha value is -2.08. The van der Waals surface area contributed by atoms with Crippen LogP contribution in [0.3, 0.4) is 0 Å². The van der Waals surface area contributed by atoms with Gasteiger partial charge < -0.3 is 23.1 Å². The summed E-state index contributed by atoms with van der Waals surface area (Å²) < 4.78 is 0. The zero-order chi connectivity index (χ0) is 21.9. The minimum absolute atomic E-state index is 0.